The van der Waals surface area contributed by atoms with Crippen molar-refractivity contribution >= 4 is 49.2 Å². The van der Waals surface area contributed by atoms with E-state index < -0.39 is 0 Å². The standard InChI is InChI=1S/C49H34/c1-2-17-38(18-3-1)48-45-24-11-10-23-44(45)47(46-32-31-37-16-7-9-22-43(37)49(46)48)39-27-25-34(26-28-39)13-12-20-36-15-6-8-21-42(36)41-30-29-35-14-4-5-19-40(35)33-41/h1-19,21-33H,20H2/b13-12+. The van der Waals surface area contributed by atoms with Crippen molar-refractivity contribution < 1.29 is 0 Å². The minimum absolute atomic E-state index is 0.869. The van der Waals surface area contributed by atoms with E-state index in [1.807, 2.05) is 0 Å². The highest BCUT2D eigenvalue weighted by Crippen LogP contribution is 2.46. The van der Waals surface area contributed by atoms with Gasteiger partial charge in [0, 0.05) is 0 Å². The Morgan fingerprint density at radius 3 is 1.78 bits per heavy atom. The summed E-state index contributed by atoms with van der Waals surface area (Å²) in [5.74, 6) is 0. The topological polar surface area (TPSA) is 0 Å². The Balaban J connectivity index is 1.10. The molecule has 0 aliphatic heterocycles. The highest BCUT2D eigenvalue weighted by atomic mass is 14.2. The predicted octanol–water partition coefficient (Wildman–Crippen LogP) is 13.6. The lowest BCUT2D eigenvalue weighted by Gasteiger charge is -2.19. The van der Waals surface area contributed by atoms with Gasteiger partial charge in [0.2, 0.25) is 0 Å². The van der Waals surface area contributed by atoms with E-state index in [2.05, 4.69) is 194 Å². The third kappa shape index (κ3) is 5.29. The average molecular weight is 623 g/mol. The molecular formula is C49H34. The Hall–Kier alpha value is -6.24. The number of rotatable bonds is 6. The van der Waals surface area contributed by atoms with Gasteiger partial charge in [-0.05, 0) is 100 Å². The molecule has 9 aromatic rings. The second-order valence-electron chi connectivity index (χ2n) is 12.8. The number of hydrogen-bond donors (Lipinski definition) is 0. The number of benzene rings is 9. The van der Waals surface area contributed by atoms with Crippen LogP contribution in [0.4, 0.5) is 0 Å². The first-order valence-corrected chi connectivity index (χ1v) is 17.1. The van der Waals surface area contributed by atoms with Gasteiger partial charge in [0.25, 0.3) is 0 Å². The van der Waals surface area contributed by atoms with E-state index in [4.69, 9.17) is 0 Å². The number of hydrogen-bond acceptors (Lipinski definition) is 0. The van der Waals surface area contributed by atoms with E-state index in [0.717, 1.165) is 6.42 Å². The van der Waals surface area contributed by atoms with E-state index in [9.17, 15) is 0 Å². The average Bonchev–Trinajstić information content (AvgIpc) is 3.17. The van der Waals surface area contributed by atoms with E-state index in [-0.39, 0.29) is 0 Å². The Morgan fingerprint density at radius 2 is 0.959 bits per heavy atom. The van der Waals surface area contributed by atoms with Crippen LogP contribution in [0, 0.1) is 0 Å². The molecule has 0 amide bonds. The summed E-state index contributed by atoms with van der Waals surface area (Å²) in [5, 5.41) is 10.2. The highest BCUT2D eigenvalue weighted by molar-refractivity contribution is 6.27. The molecule has 49 heavy (non-hydrogen) atoms. The largest absolute Gasteiger partial charge is 0.0795 e. The minimum Gasteiger partial charge on any atom is -0.0795 e. The zero-order chi connectivity index (χ0) is 32.6. The van der Waals surface area contributed by atoms with Gasteiger partial charge in [-0.3, -0.25) is 0 Å². The molecule has 0 fully saturated rings. The molecule has 230 valence electrons. The molecule has 0 saturated heterocycles. The fourth-order valence-corrected chi connectivity index (χ4v) is 7.58. The summed E-state index contributed by atoms with van der Waals surface area (Å²) in [4.78, 5) is 0. The molecule has 0 nitrogen and oxygen atoms in total. The second-order valence-corrected chi connectivity index (χ2v) is 12.8. The van der Waals surface area contributed by atoms with Crippen LogP contribution in [-0.2, 0) is 6.42 Å². The van der Waals surface area contributed by atoms with E-state index in [0.29, 0.717) is 0 Å². The summed E-state index contributed by atoms with van der Waals surface area (Å²) in [6.45, 7) is 0. The van der Waals surface area contributed by atoms with Gasteiger partial charge < -0.3 is 0 Å². The summed E-state index contributed by atoms with van der Waals surface area (Å²) >= 11 is 0. The van der Waals surface area contributed by atoms with Gasteiger partial charge in [0.1, 0.15) is 0 Å². The van der Waals surface area contributed by atoms with Crippen LogP contribution in [0.15, 0.2) is 188 Å². The van der Waals surface area contributed by atoms with Crippen molar-refractivity contribution in [2.45, 2.75) is 6.42 Å². The van der Waals surface area contributed by atoms with Gasteiger partial charge >= 0.3 is 0 Å². The van der Waals surface area contributed by atoms with E-state index >= 15 is 0 Å². The number of allylic oxidation sites excluding steroid dienone is 1. The van der Waals surface area contributed by atoms with Gasteiger partial charge in [-0.15, -0.1) is 0 Å². The maximum Gasteiger partial charge on any atom is -0.00141 e. The molecule has 0 unspecified atom stereocenters. The summed E-state index contributed by atoms with van der Waals surface area (Å²) in [5.41, 5.74) is 10.1. The Labute approximate surface area is 287 Å². The molecule has 9 rings (SSSR count). The zero-order valence-corrected chi connectivity index (χ0v) is 27.2. The maximum atomic E-state index is 2.33. The fraction of sp³-hybridized carbons (Fsp3) is 0.0204. The molecule has 0 atom stereocenters. The molecule has 0 radical (unpaired) electrons. The summed E-state index contributed by atoms with van der Waals surface area (Å²) < 4.78 is 0. The SMILES string of the molecule is C(=C\c1ccc(-c2c3ccccc3c(-c3ccccc3)c3c2ccc2ccccc23)cc1)/Cc1ccccc1-c1ccc2ccccc2c1. The van der Waals surface area contributed by atoms with Crippen LogP contribution in [0.2, 0.25) is 0 Å². The summed E-state index contributed by atoms with van der Waals surface area (Å²) in [6, 6.07) is 66.4. The monoisotopic (exact) mass is 622 g/mol. The van der Waals surface area contributed by atoms with Crippen LogP contribution < -0.4 is 0 Å². The van der Waals surface area contributed by atoms with E-state index in [1.165, 1.54) is 87.6 Å². The Kier molecular flexibility index (Phi) is 7.33. The fourth-order valence-electron chi connectivity index (χ4n) is 7.58. The normalized spacial score (nSPS) is 11.7. The van der Waals surface area contributed by atoms with Gasteiger partial charge in [-0.25, -0.2) is 0 Å². The zero-order valence-electron chi connectivity index (χ0n) is 27.2. The van der Waals surface area contributed by atoms with Gasteiger partial charge in [-0.1, -0.05) is 188 Å². The van der Waals surface area contributed by atoms with Crippen molar-refractivity contribution in [3.05, 3.63) is 199 Å². The molecule has 0 saturated carbocycles. The first-order chi connectivity index (χ1) is 24.3. The van der Waals surface area contributed by atoms with E-state index in [1.54, 1.807) is 0 Å². The summed E-state index contributed by atoms with van der Waals surface area (Å²) in [7, 11) is 0. The summed E-state index contributed by atoms with van der Waals surface area (Å²) in [6.07, 6.45) is 5.41. The molecule has 0 bridgehead atoms. The van der Waals surface area contributed by atoms with Crippen molar-refractivity contribution in [3.63, 3.8) is 0 Å². The van der Waals surface area contributed by atoms with Crippen molar-refractivity contribution in [2.24, 2.45) is 0 Å². The Bertz CT molecular complexity index is 2660. The molecular weight excluding hydrogens is 589 g/mol. The van der Waals surface area contributed by atoms with Crippen LogP contribution in [0.1, 0.15) is 11.1 Å². The third-order valence-corrected chi connectivity index (χ3v) is 9.90. The van der Waals surface area contributed by atoms with Crippen molar-refractivity contribution in [1.29, 1.82) is 0 Å². The quantitative estimate of drug-likeness (QED) is 0.128. The predicted molar refractivity (Wildman–Crippen MR) is 212 cm³/mol. The van der Waals surface area contributed by atoms with Crippen LogP contribution in [0.25, 0.3) is 82.5 Å². The highest BCUT2D eigenvalue weighted by Gasteiger charge is 2.18. The lowest BCUT2D eigenvalue weighted by molar-refractivity contribution is 1.28. The molecule has 0 aromatic heterocycles. The first kappa shape index (κ1) is 28.9. The van der Waals surface area contributed by atoms with Crippen LogP contribution >= 0.6 is 0 Å². The van der Waals surface area contributed by atoms with Crippen LogP contribution in [-0.4, -0.2) is 0 Å². The molecule has 0 aliphatic rings. The molecule has 0 heterocycles. The first-order valence-electron chi connectivity index (χ1n) is 17.1. The molecule has 0 N–H and O–H groups in total. The molecule has 0 spiro atoms. The molecule has 0 aliphatic carbocycles. The van der Waals surface area contributed by atoms with Crippen LogP contribution in [0.3, 0.4) is 0 Å². The number of fused-ring (bicyclic) bond motifs is 5. The van der Waals surface area contributed by atoms with Gasteiger partial charge in [-0.2, -0.15) is 0 Å². The second kappa shape index (κ2) is 12.4. The lowest BCUT2D eigenvalue weighted by atomic mass is 9.84. The van der Waals surface area contributed by atoms with Crippen molar-refractivity contribution in [2.75, 3.05) is 0 Å². The molecule has 9 aromatic carbocycles. The lowest BCUT2D eigenvalue weighted by Crippen LogP contribution is -1.92. The van der Waals surface area contributed by atoms with Crippen molar-refractivity contribution in [1.82, 2.24) is 0 Å². The minimum atomic E-state index is 0.869. The van der Waals surface area contributed by atoms with Gasteiger partial charge in [0.05, 0.1) is 0 Å². The Morgan fingerprint density at radius 1 is 0.367 bits per heavy atom. The maximum absolute atomic E-state index is 2.33. The molecule has 0 heteroatoms. The third-order valence-electron chi connectivity index (χ3n) is 9.90. The van der Waals surface area contributed by atoms with Crippen molar-refractivity contribution in [3.8, 4) is 33.4 Å². The van der Waals surface area contributed by atoms with Gasteiger partial charge in [0.15, 0.2) is 0 Å². The van der Waals surface area contributed by atoms with Crippen LogP contribution in [0.5, 0.6) is 0 Å². The smallest absolute Gasteiger partial charge is 0.00141 e.